The Balaban J connectivity index is 1.32. The number of aromatic nitrogens is 5. The molecule has 146 valence electrons. The van der Waals surface area contributed by atoms with Crippen molar-refractivity contribution in [1.82, 2.24) is 24.7 Å². The molecule has 29 heavy (non-hydrogen) atoms. The van der Waals surface area contributed by atoms with Crippen LogP contribution in [-0.4, -0.2) is 51.0 Å². The SMILES string of the molecule is Brc1cccc2nc(Nc3ccc(-n4cnc(N5CCOCC5)n4)cc3)ncc12. The molecule has 5 rings (SSSR count). The van der Waals surface area contributed by atoms with E-state index in [9.17, 15) is 0 Å². The van der Waals surface area contributed by atoms with Crippen molar-refractivity contribution < 1.29 is 4.74 Å². The van der Waals surface area contributed by atoms with Gasteiger partial charge >= 0.3 is 0 Å². The van der Waals surface area contributed by atoms with Crippen molar-refractivity contribution in [1.29, 1.82) is 0 Å². The Labute approximate surface area is 175 Å². The molecule has 1 aliphatic rings. The Morgan fingerprint density at radius 2 is 1.83 bits per heavy atom. The van der Waals surface area contributed by atoms with E-state index in [0.29, 0.717) is 19.2 Å². The van der Waals surface area contributed by atoms with Crippen LogP contribution < -0.4 is 10.2 Å². The summed E-state index contributed by atoms with van der Waals surface area (Å²) in [7, 11) is 0. The number of anilines is 3. The quantitative estimate of drug-likeness (QED) is 0.507. The summed E-state index contributed by atoms with van der Waals surface area (Å²) in [4.78, 5) is 15.5. The summed E-state index contributed by atoms with van der Waals surface area (Å²) in [5.74, 6) is 1.28. The van der Waals surface area contributed by atoms with E-state index in [2.05, 4.69) is 46.2 Å². The molecule has 3 heterocycles. The maximum Gasteiger partial charge on any atom is 0.245 e. The molecular formula is C20H18BrN7O. The molecule has 8 nitrogen and oxygen atoms in total. The smallest absolute Gasteiger partial charge is 0.245 e. The molecule has 0 unspecified atom stereocenters. The molecule has 4 aromatic rings. The van der Waals surface area contributed by atoms with Gasteiger partial charge in [-0.15, -0.1) is 5.10 Å². The molecule has 9 heteroatoms. The number of fused-ring (bicyclic) bond motifs is 1. The van der Waals surface area contributed by atoms with Gasteiger partial charge in [-0.2, -0.15) is 4.98 Å². The minimum Gasteiger partial charge on any atom is -0.378 e. The Morgan fingerprint density at radius 3 is 2.66 bits per heavy atom. The van der Waals surface area contributed by atoms with Crippen LogP contribution >= 0.6 is 15.9 Å². The van der Waals surface area contributed by atoms with E-state index in [-0.39, 0.29) is 0 Å². The third-order valence-electron chi connectivity index (χ3n) is 4.73. The lowest BCUT2D eigenvalue weighted by Gasteiger charge is -2.25. The average Bonchev–Trinajstić information content (AvgIpc) is 3.25. The number of hydrogen-bond acceptors (Lipinski definition) is 7. The summed E-state index contributed by atoms with van der Waals surface area (Å²) in [6, 6.07) is 13.8. The van der Waals surface area contributed by atoms with Crippen molar-refractivity contribution in [3.05, 3.63) is 59.5 Å². The van der Waals surface area contributed by atoms with Gasteiger partial charge in [-0.25, -0.2) is 14.6 Å². The van der Waals surface area contributed by atoms with Crippen molar-refractivity contribution in [2.45, 2.75) is 0 Å². The Bertz CT molecular complexity index is 1140. The summed E-state index contributed by atoms with van der Waals surface area (Å²) in [6.45, 7) is 3.05. The second-order valence-corrected chi connectivity index (χ2v) is 7.48. The van der Waals surface area contributed by atoms with Gasteiger partial charge in [0.05, 0.1) is 24.4 Å². The van der Waals surface area contributed by atoms with Crippen molar-refractivity contribution >= 4 is 44.4 Å². The molecule has 2 aromatic heterocycles. The molecule has 1 fully saturated rings. The van der Waals surface area contributed by atoms with E-state index in [0.717, 1.165) is 45.8 Å². The van der Waals surface area contributed by atoms with Gasteiger partial charge in [-0.05, 0) is 36.4 Å². The molecule has 1 N–H and O–H groups in total. The van der Waals surface area contributed by atoms with E-state index < -0.39 is 0 Å². The highest BCUT2D eigenvalue weighted by Gasteiger charge is 2.15. The molecule has 0 aliphatic carbocycles. The van der Waals surface area contributed by atoms with E-state index in [1.807, 2.05) is 48.7 Å². The Kier molecular flexibility index (Phi) is 4.82. The molecule has 0 amide bonds. The third-order valence-corrected chi connectivity index (χ3v) is 5.43. The Morgan fingerprint density at radius 1 is 1.00 bits per heavy atom. The van der Waals surface area contributed by atoms with E-state index in [1.54, 1.807) is 11.0 Å². The van der Waals surface area contributed by atoms with Crippen LogP contribution in [0.15, 0.2) is 59.5 Å². The topological polar surface area (TPSA) is 81.0 Å². The molecule has 0 bridgehead atoms. The van der Waals surface area contributed by atoms with Gasteiger partial charge in [0.15, 0.2) is 0 Å². The van der Waals surface area contributed by atoms with E-state index in [4.69, 9.17) is 4.74 Å². The average molecular weight is 452 g/mol. The van der Waals surface area contributed by atoms with E-state index >= 15 is 0 Å². The first-order valence-electron chi connectivity index (χ1n) is 9.29. The predicted molar refractivity (Wildman–Crippen MR) is 115 cm³/mol. The Hall–Kier alpha value is -3.04. The number of morpholine rings is 1. The summed E-state index contributed by atoms with van der Waals surface area (Å²) in [5, 5.41) is 8.81. The fourth-order valence-corrected chi connectivity index (χ4v) is 3.65. The van der Waals surface area contributed by atoms with Crippen LogP contribution in [-0.2, 0) is 4.74 Å². The molecule has 2 aromatic carbocycles. The first-order chi connectivity index (χ1) is 14.3. The lowest BCUT2D eigenvalue weighted by Crippen LogP contribution is -2.37. The van der Waals surface area contributed by atoms with Gasteiger partial charge in [0.1, 0.15) is 6.33 Å². The highest BCUT2D eigenvalue weighted by molar-refractivity contribution is 9.10. The molecule has 0 atom stereocenters. The predicted octanol–water partition coefficient (Wildman–Crippen LogP) is 3.55. The summed E-state index contributed by atoms with van der Waals surface area (Å²) in [6.07, 6.45) is 3.54. The number of hydrogen-bond donors (Lipinski definition) is 1. The van der Waals surface area contributed by atoms with Gasteiger partial charge in [0.25, 0.3) is 0 Å². The van der Waals surface area contributed by atoms with Crippen LogP contribution in [0.2, 0.25) is 0 Å². The van der Waals surface area contributed by atoms with Gasteiger partial charge in [0, 0.05) is 34.8 Å². The minimum absolute atomic E-state index is 0.554. The molecule has 0 spiro atoms. The van der Waals surface area contributed by atoms with Crippen LogP contribution in [0, 0.1) is 0 Å². The second kappa shape index (κ2) is 7.76. The number of benzene rings is 2. The molecule has 1 aliphatic heterocycles. The highest BCUT2D eigenvalue weighted by Crippen LogP contribution is 2.23. The first-order valence-corrected chi connectivity index (χ1v) is 10.1. The van der Waals surface area contributed by atoms with Gasteiger partial charge in [0.2, 0.25) is 11.9 Å². The van der Waals surface area contributed by atoms with Crippen LogP contribution in [0.25, 0.3) is 16.6 Å². The summed E-state index contributed by atoms with van der Waals surface area (Å²) < 4.78 is 8.14. The number of rotatable bonds is 4. The fourth-order valence-electron chi connectivity index (χ4n) is 3.19. The van der Waals surface area contributed by atoms with Crippen molar-refractivity contribution in [2.24, 2.45) is 0 Å². The fraction of sp³-hybridized carbons (Fsp3) is 0.200. The summed E-state index contributed by atoms with van der Waals surface area (Å²) in [5.41, 5.74) is 2.72. The van der Waals surface area contributed by atoms with Crippen molar-refractivity contribution in [2.75, 3.05) is 36.5 Å². The van der Waals surface area contributed by atoms with Gasteiger partial charge < -0.3 is 15.0 Å². The normalized spacial score (nSPS) is 14.3. The maximum atomic E-state index is 5.38. The van der Waals surface area contributed by atoms with Crippen molar-refractivity contribution in [3.8, 4) is 5.69 Å². The van der Waals surface area contributed by atoms with Gasteiger partial charge in [-0.1, -0.05) is 22.0 Å². The standard InChI is InChI=1S/C20H18BrN7O/c21-17-2-1-3-18-16(17)12-22-19(25-18)24-14-4-6-15(7-5-14)28-13-23-20(26-28)27-8-10-29-11-9-27/h1-7,12-13H,8-11H2,(H,22,24,25). The monoisotopic (exact) mass is 451 g/mol. The number of ether oxygens (including phenoxy) is 1. The van der Waals surface area contributed by atoms with Crippen LogP contribution in [0.1, 0.15) is 0 Å². The molecular weight excluding hydrogens is 434 g/mol. The molecule has 0 radical (unpaired) electrons. The first kappa shape index (κ1) is 18.0. The highest BCUT2D eigenvalue weighted by atomic mass is 79.9. The largest absolute Gasteiger partial charge is 0.378 e. The minimum atomic E-state index is 0.554. The zero-order valence-corrected chi connectivity index (χ0v) is 17.1. The molecule has 1 saturated heterocycles. The van der Waals surface area contributed by atoms with Gasteiger partial charge in [-0.3, -0.25) is 0 Å². The van der Waals surface area contributed by atoms with Crippen LogP contribution in [0.4, 0.5) is 17.6 Å². The summed E-state index contributed by atoms with van der Waals surface area (Å²) >= 11 is 3.52. The van der Waals surface area contributed by atoms with Crippen LogP contribution in [0.3, 0.4) is 0 Å². The number of nitrogens with zero attached hydrogens (tertiary/aromatic N) is 6. The second-order valence-electron chi connectivity index (χ2n) is 6.63. The maximum absolute atomic E-state index is 5.38. The number of halogens is 1. The zero-order valence-electron chi connectivity index (χ0n) is 15.5. The number of nitrogens with one attached hydrogen (secondary N) is 1. The zero-order chi connectivity index (χ0) is 19.6. The van der Waals surface area contributed by atoms with E-state index in [1.165, 1.54) is 0 Å². The lowest BCUT2D eigenvalue weighted by atomic mass is 10.2. The third kappa shape index (κ3) is 3.79. The van der Waals surface area contributed by atoms with Crippen LogP contribution in [0.5, 0.6) is 0 Å². The van der Waals surface area contributed by atoms with Crippen molar-refractivity contribution in [3.63, 3.8) is 0 Å². The molecule has 0 saturated carbocycles. The lowest BCUT2D eigenvalue weighted by molar-refractivity contribution is 0.122.